The number of unbranched alkanes of at least 4 members (excludes halogenated alkanes) is 1. The van der Waals surface area contributed by atoms with Gasteiger partial charge in [0.05, 0.1) is 0 Å². The smallest absolute Gasteiger partial charge is 0.296 e. The lowest BCUT2D eigenvalue weighted by Gasteiger charge is -2.10. The van der Waals surface area contributed by atoms with Crippen LogP contribution in [0.4, 0.5) is 5.69 Å². The Balaban J connectivity index is 2.15. The highest BCUT2D eigenvalue weighted by Gasteiger charge is 2.30. The molecule has 1 atom stereocenters. The molecular formula is C15H17NO4S. The zero-order valence-electron chi connectivity index (χ0n) is 11.7. The Morgan fingerprint density at radius 3 is 2.81 bits per heavy atom. The topological polar surface area (TPSA) is 75.6 Å². The second-order valence-corrected chi connectivity index (χ2v) is 6.56. The molecule has 0 radical (unpaired) electrons. The average molecular weight is 307 g/mol. The SMILES string of the molecule is CCCCC1Nc2c(S(=O)(=O)O)cc3ccccc3c2O1. The first-order valence-electron chi connectivity index (χ1n) is 6.97. The van der Waals surface area contributed by atoms with Gasteiger partial charge >= 0.3 is 0 Å². The molecule has 21 heavy (non-hydrogen) atoms. The van der Waals surface area contributed by atoms with E-state index in [1.165, 1.54) is 6.07 Å². The molecule has 2 aromatic rings. The van der Waals surface area contributed by atoms with Crippen LogP contribution in [-0.2, 0) is 10.1 Å². The third-order valence-electron chi connectivity index (χ3n) is 3.63. The summed E-state index contributed by atoms with van der Waals surface area (Å²) in [5.74, 6) is 0.502. The van der Waals surface area contributed by atoms with E-state index in [1.807, 2.05) is 18.2 Å². The first-order valence-corrected chi connectivity index (χ1v) is 8.41. The van der Waals surface area contributed by atoms with E-state index in [0.717, 1.165) is 30.0 Å². The molecule has 1 heterocycles. The largest absolute Gasteiger partial charge is 0.468 e. The van der Waals surface area contributed by atoms with E-state index >= 15 is 0 Å². The van der Waals surface area contributed by atoms with Crippen molar-refractivity contribution < 1.29 is 17.7 Å². The minimum atomic E-state index is -4.31. The van der Waals surface area contributed by atoms with Crippen molar-refractivity contribution in [2.75, 3.05) is 5.32 Å². The molecule has 1 aliphatic heterocycles. The predicted octanol–water partition coefficient (Wildman–Crippen LogP) is 3.41. The van der Waals surface area contributed by atoms with Gasteiger partial charge in [0.2, 0.25) is 0 Å². The lowest BCUT2D eigenvalue weighted by Crippen LogP contribution is -2.20. The van der Waals surface area contributed by atoms with Crippen LogP contribution >= 0.6 is 0 Å². The Morgan fingerprint density at radius 2 is 2.10 bits per heavy atom. The van der Waals surface area contributed by atoms with Gasteiger partial charge in [-0.05, 0) is 17.9 Å². The van der Waals surface area contributed by atoms with E-state index in [2.05, 4.69) is 12.2 Å². The van der Waals surface area contributed by atoms with Crippen molar-refractivity contribution in [1.29, 1.82) is 0 Å². The Bertz CT molecular complexity index is 786. The van der Waals surface area contributed by atoms with Crippen LogP contribution in [0.3, 0.4) is 0 Å². The Labute approximate surface area is 123 Å². The van der Waals surface area contributed by atoms with Gasteiger partial charge in [0.15, 0.2) is 12.0 Å². The number of benzene rings is 2. The summed E-state index contributed by atoms with van der Waals surface area (Å²) in [6.45, 7) is 2.08. The Morgan fingerprint density at radius 1 is 1.33 bits per heavy atom. The van der Waals surface area contributed by atoms with Crippen molar-refractivity contribution >= 4 is 26.6 Å². The molecular weight excluding hydrogens is 290 g/mol. The molecule has 1 aliphatic rings. The van der Waals surface area contributed by atoms with Crippen LogP contribution in [-0.4, -0.2) is 19.2 Å². The van der Waals surface area contributed by atoms with Crippen molar-refractivity contribution in [3.8, 4) is 5.75 Å². The summed E-state index contributed by atoms with van der Waals surface area (Å²) in [5, 5.41) is 4.64. The van der Waals surface area contributed by atoms with Crippen molar-refractivity contribution in [3.63, 3.8) is 0 Å². The van der Waals surface area contributed by atoms with Gasteiger partial charge in [0, 0.05) is 11.8 Å². The van der Waals surface area contributed by atoms with E-state index in [9.17, 15) is 13.0 Å². The second kappa shape index (κ2) is 5.20. The maximum absolute atomic E-state index is 11.6. The minimum Gasteiger partial charge on any atom is -0.468 e. The molecule has 0 saturated heterocycles. The quantitative estimate of drug-likeness (QED) is 0.847. The number of hydrogen-bond donors (Lipinski definition) is 2. The summed E-state index contributed by atoms with van der Waals surface area (Å²) >= 11 is 0. The van der Waals surface area contributed by atoms with Gasteiger partial charge < -0.3 is 10.1 Å². The summed E-state index contributed by atoms with van der Waals surface area (Å²) in [6, 6.07) is 8.85. The van der Waals surface area contributed by atoms with Gasteiger partial charge in [-0.15, -0.1) is 0 Å². The molecule has 0 aliphatic carbocycles. The summed E-state index contributed by atoms with van der Waals surface area (Å²) in [6.07, 6.45) is 2.53. The molecule has 112 valence electrons. The highest BCUT2D eigenvalue weighted by atomic mass is 32.2. The monoisotopic (exact) mass is 307 g/mol. The maximum Gasteiger partial charge on any atom is 0.296 e. The van der Waals surface area contributed by atoms with E-state index in [4.69, 9.17) is 4.74 Å². The molecule has 3 rings (SSSR count). The van der Waals surface area contributed by atoms with Gasteiger partial charge in [-0.2, -0.15) is 8.42 Å². The van der Waals surface area contributed by atoms with Gasteiger partial charge in [-0.25, -0.2) is 0 Å². The minimum absolute atomic E-state index is 0.129. The molecule has 2 N–H and O–H groups in total. The molecule has 1 unspecified atom stereocenters. The summed E-state index contributed by atoms with van der Waals surface area (Å²) in [5.41, 5.74) is 0.359. The fourth-order valence-electron chi connectivity index (χ4n) is 2.61. The Hall–Kier alpha value is -1.79. The molecule has 0 saturated carbocycles. The summed E-state index contributed by atoms with van der Waals surface area (Å²) in [7, 11) is -4.31. The van der Waals surface area contributed by atoms with E-state index in [-0.39, 0.29) is 11.1 Å². The highest BCUT2D eigenvalue weighted by Crippen LogP contribution is 2.44. The fourth-order valence-corrected chi connectivity index (χ4v) is 3.29. The first kappa shape index (κ1) is 14.2. The standard InChI is InChI=1S/C15H17NO4S/c1-2-3-8-13-16-14-12(21(17,18)19)9-10-6-4-5-7-11(10)15(14)20-13/h4-7,9,13,16H,2-3,8H2,1H3,(H,17,18,19). The third kappa shape index (κ3) is 2.56. The number of fused-ring (bicyclic) bond motifs is 3. The normalized spacial score (nSPS) is 17.3. The lowest BCUT2D eigenvalue weighted by atomic mass is 10.1. The molecule has 0 bridgehead atoms. The number of anilines is 1. The van der Waals surface area contributed by atoms with E-state index in [1.54, 1.807) is 6.07 Å². The van der Waals surface area contributed by atoms with Gasteiger partial charge in [-0.3, -0.25) is 4.55 Å². The van der Waals surface area contributed by atoms with Crippen molar-refractivity contribution in [3.05, 3.63) is 30.3 Å². The fraction of sp³-hybridized carbons (Fsp3) is 0.333. The Kier molecular flexibility index (Phi) is 3.51. The molecule has 5 nitrogen and oxygen atoms in total. The van der Waals surface area contributed by atoms with Gasteiger partial charge in [-0.1, -0.05) is 37.6 Å². The van der Waals surface area contributed by atoms with Crippen molar-refractivity contribution in [2.45, 2.75) is 37.3 Å². The predicted molar refractivity (Wildman–Crippen MR) is 81.3 cm³/mol. The summed E-state index contributed by atoms with van der Waals surface area (Å²) in [4.78, 5) is -0.129. The van der Waals surface area contributed by atoms with E-state index < -0.39 is 10.1 Å². The van der Waals surface area contributed by atoms with Crippen LogP contribution in [0.5, 0.6) is 5.75 Å². The summed E-state index contributed by atoms with van der Waals surface area (Å²) < 4.78 is 38.6. The molecule has 0 spiro atoms. The van der Waals surface area contributed by atoms with Gasteiger partial charge in [0.25, 0.3) is 10.1 Å². The number of ether oxygens (including phenoxy) is 1. The number of nitrogens with one attached hydrogen (secondary N) is 1. The zero-order valence-corrected chi connectivity index (χ0v) is 12.5. The first-order chi connectivity index (χ1) is 10.0. The average Bonchev–Trinajstić information content (AvgIpc) is 2.87. The molecule has 0 aromatic heterocycles. The van der Waals surface area contributed by atoms with Crippen LogP contribution < -0.4 is 10.1 Å². The van der Waals surface area contributed by atoms with Crippen molar-refractivity contribution in [1.82, 2.24) is 0 Å². The molecule has 2 aromatic carbocycles. The van der Waals surface area contributed by atoms with Crippen LogP contribution in [0.1, 0.15) is 26.2 Å². The second-order valence-electron chi connectivity index (χ2n) is 5.17. The highest BCUT2D eigenvalue weighted by molar-refractivity contribution is 7.86. The lowest BCUT2D eigenvalue weighted by molar-refractivity contribution is 0.240. The molecule has 6 heteroatoms. The molecule has 0 fully saturated rings. The number of hydrogen-bond acceptors (Lipinski definition) is 4. The molecule has 0 amide bonds. The van der Waals surface area contributed by atoms with E-state index in [0.29, 0.717) is 11.4 Å². The van der Waals surface area contributed by atoms with Crippen LogP contribution in [0.2, 0.25) is 0 Å². The van der Waals surface area contributed by atoms with Crippen molar-refractivity contribution in [2.24, 2.45) is 0 Å². The van der Waals surface area contributed by atoms with Crippen LogP contribution in [0, 0.1) is 0 Å². The zero-order chi connectivity index (χ0) is 15.0. The number of rotatable bonds is 4. The van der Waals surface area contributed by atoms with Gasteiger partial charge in [0.1, 0.15) is 10.6 Å². The van der Waals surface area contributed by atoms with Crippen LogP contribution in [0.25, 0.3) is 10.8 Å². The third-order valence-corrected chi connectivity index (χ3v) is 4.51. The van der Waals surface area contributed by atoms with Crippen LogP contribution in [0.15, 0.2) is 35.2 Å². The maximum atomic E-state index is 11.6.